The van der Waals surface area contributed by atoms with Crippen LogP contribution in [0, 0.1) is 17.7 Å². The Kier molecular flexibility index (Phi) is 4.23. The van der Waals surface area contributed by atoms with E-state index in [4.69, 9.17) is 5.73 Å². The van der Waals surface area contributed by atoms with Gasteiger partial charge in [0, 0.05) is 30.9 Å². The molecule has 18 heavy (non-hydrogen) atoms. The molecule has 1 aromatic carbocycles. The van der Waals surface area contributed by atoms with Gasteiger partial charge in [-0.15, -0.1) is 0 Å². The summed E-state index contributed by atoms with van der Waals surface area (Å²) in [6.45, 7) is 6.87. The number of halogens is 1. The molecular formula is C15H23FN2. The molecule has 0 bridgehead atoms. The van der Waals surface area contributed by atoms with Crippen molar-refractivity contribution in [3.63, 3.8) is 0 Å². The van der Waals surface area contributed by atoms with Crippen molar-refractivity contribution < 1.29 is 4.39 Å². The minimum Gasteiger partial charge on any atom is -0.371 e. The molecule has 1 fully saturated rings. The number of hydrogen-bond acceptors (Lipinski definition) is 2. The van der Waals surface area contributed by atoms with Gasteiger partial charge < -0.3 is 10.6 Å². The first-order valence-corrected chi connectivity index (χ1v) is 6.86. The summed E-state index contributed by atoms with van der Waals surface area (Å²) in [7, 11) is 0. The summed E-state index contributed by atoms with van der Waals surface area (Å²) in [5.41, 5.74) is 7.31. The summed E-state index contributed by atoms with van der Waals surface area (Å²) in [6.07, 6.45) is 2.39. The molecule has 2 rings (SSSR count). The molecule has 3 heteroatoms. The number of hydrogen-bond donors (Lipinski definition) is 1. The van der Waals surface area contributed by atoms with Gasteiger partial charge in [0.25, 0.3) is 0 Å². The molecule has 1 saturated heterocycles. The Morgan fingerprint density at radius 2 is 2.00 bits per heavy atom. The van der Waals surface area contributed by atoms with E-state index in [-0.39, 0.29) is 12.4 Å². The molecule has 0 unspecified atom stereocenters. The second kappa shape index (κ2) is 5.70. The zero-order chi connectivity index (χ0) is 13.1. The predicted octanol–water partition coefficient (Wildman–Crippen LogP) is 3.16. The fraction of sp³-hybridized carbons (Fsp3) is 0.600. The molecule has 1 aliphatic rings. The Bertz CT molecular complexity index is 395. The molecule has 2 nitrogen and oxygen atoms in total. The fourth-order valence-electron chi connectivity index (χ4n) is 2.85. The zero-order valence-corrected chi connectivity index (χ0v) is 11.3. The molecule has 0 radical (unpaired) electrons. The van der Waals surface area contributed by atoms with Gasteiger partial charge in [-0.25, -0.2) is 4.39 Å². The number of anilines is 1. The average molecular weight is 250 g/mol. The number of piperidine rings is 1. The van der Waals surface area contributed by atoms with Crippen LogP contribution in [0.5, 0.6) is 0 Å². The van der Waals surface area contributed by atoms with Crippen molar-refractivity contribution in [2.75, 3.05) is 18.0 Å². The molecule has 0 amide bonds. The average Bonchev–Trinajstić information content (AvgIpc) is 2.38. The molecule has 0 saturated carbocycles. The van der Waals surface area contributed by atoms with E-state index >= 15 is 0 Å². The van der Waals surface area contributed by atoms with Gasteiger partial charge in [-0.3, -0.25) is 0 Å². The van der Waals surface area contributed by atoms with Crippen LogP contribution in [-0.2, 0) is 6.54 Å². The van der Waals surface area contributed by atoms with E-state index in [0.717, 1.165) is 30.6 Å². The van der Waals surface area contributed by atoms with Crippen LogP contribution in [0.4, 0.5) is 10.1 Å². The smallest absolute Gasteiger partial charge is 0.129 e. The van der Waals surface area contributed by atoms with Crippen LogP contribution in [-0.4, -0.2) is 13.1 Å². The fourth-order valence-corrected chi connectivity index (χ4v) is 2.85. The van der Waals surface area contributed by atoms with Crippen LogP contribution in [0.3, 0.4) is 0 Å². The van der Waals surface area contributed by atoms with E-state index in [1.165, 1.54) is 18.9 Å². The maximum Gasteiger partial charge on any atom is 0.129 e. The lowest BCUT2D eigenvalue weighted by molar-refractivity contribution is 0.311. The molecule has 0 atom stereocenters. The quantitative estimate of drug-likeness (QED) is 0.893. The number of nitrogens with zero attached hydrogens (tertiary/aromatic N) is 1. The van der Waals surface area contributed by atoms with Gasteiger partial charge in [0.1, 0.15) is 5.82 Å². The summed E-state index contributed by atoms with van der Waals surface area (Å²) in [5.74, 6) is 1.37. The highest BCUT2D eigenvalue weighted by Gasteiger charge is 2.23. The van der Waals surface area contributed by atoms with Crippen molar-refractivity contribution in [1.82, 2.24) is 0 Å². The normalized spacial score (nSPS) is 17.5. The monoisotopic (exact) mass is 250 g/mol. The highest BCUT2D eigenvalue weighted by molar-refractivity contribution is 5.54. The van der Waals surface area contributed by atoms with E-state index in [9.17, 15) is 4.39 Å². The number of benzene rings is 1. The summed E-state index contributed by atoms with van der Waals surface area (Å²) in [4.78, 5) is 2.28. The second-order valence-corrected chi connectivity index (χ2v) is 5.51. The number of nitrogens with two attached hydrogens (primary N) is 1. The minimum absolute atomic E-state index is 0.180. The lowest BCUT2D eigenvalue weighted by Gasteiger charge is -2.36. The van der Waals surface area contributed by atoms with Gasteiger partial charge in [-0.1, -0.05) is 19.9 Å². The Balaban J connectivity index is 2.12. The summed E-state index contributed by atoms with van der Waals surface area (Å²) >= 11 is 0. The standard InChI is InChI=1S/C15H23FN2/c1-11(2)12-6-8-18(9-7-12)15-5-3-4-14(16)13(15)10-17/h3-5,11-12H,6-10,17H2,1-2H3. The van der Waals surface area contributed by atoms with E-state index in [0.29, 0.717) is 5.56 Å². The van der Waals surface area contributed by atoms with Gasteiger partial charge in [-0.05, 0) is 36.8 Å². The Labute approximate surface area is 109 Å². The third kappa shape index (κ3) is 2.66. The Morgan fingerprint density at radius 3 is 2.56 bits per heavy atom. The van der Waals surface area contributed by atoms with Crippen LogP contribution < -0.4 is 10.6 Å². The Hall–Kier alpha value is -1.09. The first-order chi connectivity index (χ1) is 8.63. The Morgan fingerprint density at radius 1 is 1.33 bits per heavy atom. The molecule has 1 heterocycles. The zero-order valence-electron chi connectivity index (χ0n) is 11.3. The lowest BCUT2D eigenvalue weighted by atomic mass is 9.86. The van der Waals surface area contributed by atoms with E-state index in [1.54, 1.807) is 6.07 Å². The molecule has 2 N–H and O–H groups in total. The van der Waals surface area contributed by atoms with Gasteiger partial charge in [0.2, 0.25) is 0 Å². The van der Waals surface area contributed by atoms with Crippen LogP contribution in [0.1, 0.15) is 32.3 Å². The SMILES string of the molecule is CC(C)C1CCN(c2cccc(F)c2CN)CC1. The van der Waals surface area contributed by atoms with Crippen LogP contribution in [0.2, 0.25) is 0 Å². The van der Waals surface area contributed by atoms with E-state index < -0.39 is 0 Å². The highest BCUT2D eigenvalue weighted by atomic mass is 19.1. The van der Waals surface area contributed by atoms with Gasteiger partial charge in [0.05, 0.1) is 0 Å². The molecule has 1 aromatic rings. The number of rotatable bonds is 3. The van der Waals surface area contributed by atoms with Crippen molar-refractivity contribution in [2.24, 2.45) is 17.6 Å². The van der Waals surface area contributed by atoms with E-state index in [2.05, 4.69) is 18.7 Å². The third-order valence-corrected chi connectivity index (χ3v) is 4.12. The molecule has 1 aliphatic heterocycles. The lowest BCUT2D eigenvalue weighted by Crippen LogP contribution is -2.36. The first kappa shape index (κ1) is 13.3. The molecule has 0 aromatic heterocycles. The summed E-state index contributed by atoms with van der Waals surface area (Å²) < 4.78 is 13.7. The van der Waals surface area contributed by atoms with Crippen molar-refractivity contribution in [3.8, 4) is 0 Å². The van der Waals surface area contributed by atoms with Gasteiger partial charge >= 0.3 is 0 Å². The second-order valence-electron chi connectivity index (χ2n) is 5.51. The summed E-state index contributed by atoms with van der Waals surface area (Å²) in [5, 5.41) is 0. The summed E-state index contributed by atoms with van der Waals surface area (Å²) in [6, 6.07) is 5.26. The van der Waals surface area contributed by atoms with Crippen molar-refractivity contribution >= 4 is 5.69 Å². The minimum atomic E-state index is -0.180. The van der Waals surface area contributed by atoms with Crippen molar-refractivity contribution in [2.45, 2.75) is 33.2 Å². The molecule has 100 valence electrons. The maximum absolute atomic E-state index is 13.7. The topological polar surface area (TPSA) is 29.3 Å². The predicted molar refractivity (Wildman–Crippen MR) is 74.1 cm³/mol. The third-order valence-electron chi connectivity index (χ3n) is 4.12. The molecule has 0 aliphatic carbocycles. The van der Waals surface area contributed by atoms with E-state index in [1.807, 2.05) is 6.07 Å². The van der Waals surface area contributed by atoms with Crippen LogP contribution in [0.25, 0.3) is 0 Å². The van der Waals surface area contributed by atoms with Gasteiger partial charge in [-0.2, -0.15) is 0 Å². The van der Waals surface area contributed by atoms with Crippen molar-refractivity contribution in [3.05, 3.63) is 29.6 Å². The maximum atomic E-state index is 13.7. The molecular weight excluding hydrogens is 227 g/mol. The first-order valence-electron chi connectivity index (χ1n) is 6.86. The van der Waals surface area contributed by atoms with Crippen LogP contribution >= 0.6 is 0 Å². The highest BCUT2D eigenvalue weighted by Crippen LogP contribution is 2.30. The van der Waals surface area contributed by atoms with Crippen LogP contribution in [0.15, 0.2) is 18.2 Å². The largest absolute Gasteiger partial charge is 0.371 e. The van der Waals surface area contributed by atoms with Gasteiger partial charge in [0.15, 0.2) is 0 Å². The molecule has 0 spiro atoms. The van der Waals surface area contributed by atoms with Crippen molar-refractivity contribution in [1.29, 1.82) is 0 Å².